The minimum Gasteiger partial charge on any atom is -0.336 e. The Morgan fingerprint density at radius 2 is 2.12 bits per heavy atom. The van der Waals surface area contributed by atoms with Gasteiger partial charge in [-0.3, -0.25) is 4.79 Å². The summed E-state index contributed by atoms with van der Waals surface area (Å²) in [7, 11) is 4.04. The number of anilines is 1. The van der Waals surface area contributed by atoms with Gasteiger partial charge in [0.05, 0.1) is 16.6 Å². The summed E-state index contributed by atoms with van der Waals surface area (Å²) in [6.07, 6.45) is 2.22. The van der Waals surface area contributed by atoms with E-state index in [0.29, 0.717) is 28.3 Å². The first-order valence-electron chi connectivity index (χ1n) is 8.83. The molecule has 2 aromatic heterocycles. The monoisotopic (exact) mass is 350 g/mol. The van der Waals surface area contributed by atoms with E-state index in [2.05, 4.69) is 26.4 Å². The van der Waals surface area contributed by atoms with Gasteiger partial charge < -0.3 is 14.7 Å². The van der Waals surface area contributed by atoms with Crippen LogP contribution in [0.25, 0.3) is 11.1 Å². The molecule has 26 heavy (non-hydrogen) atoms. The highest BCUT2D eigenvalue weighted by Gasteiger charge is 2.28. The summed E-state index contributed by atoms with van der Waals surface area (Å²) >= 11 is 0. The van der Waals surface area contributed by atoms with Crippen LogP contribution in [0.5, 0.6) is 0 Å². The van der Waals surface area contributed by atoms with E-state index in [-0.39, 0.29) is 5.91 Å². The second kappa shape index (κ2) is 6.53. The highest BCUT2D eigenvalue weighted by molar-refractivity contribution is 6.12. The topological polar surface area (TPSA) is 71.3 Å². The average molecular weight is 350 g/mol. The quantitative estimate of drug-likeness (QED) is 0.759. The number of aryl methyl sites for hydroxylation is 1. The third-order valence-electron chi connectivity index (χ3n) is 4.56. The molecule has 0 radical (unpaired) electrons. The van der Waals surface area contributed by atoms with Gasteiger partial charge in [-0.1, -0.05) is 17.3 Å². The highest BCUT2D eigenvalue weighted by atomic mass is 16.5. The molecule has 134 valence electrons. The van der Waals surface area contributed by atoms with Crippen LogP contribution >= 0.6 is 0 Å². The van der Waals surface area contributed by atoms with Gasteiger partial charge in [0, 0.05) is 23.8 Å². The SMILES string of the molecule is Cc1noc2nc(C3CC3)cc(C(=O)Nc3cccc(CN(C)C)c3)c12. The van der Waals surface area contributed by atoms with E-state index < -0.39 is 0 Å². The van der Waals surface area contributed by atoms with Gasteiger partial charge >= 0.3 is 0 Å². The number of pyridine rings is 1. The van der Waals surface area contributed by atoms with Crippen molar-refractivity contribution >= 4 is 22.7 Å². The lowest BCUT2D eigenvalue weighted by Gasteiger charge is -2.12. The zero-order valence-corrected chi connectivity index (χ0v) is 15.2. The Bertz CT molecular complexity index is 973. The number of nitrogens with one attached hydrogen (secondary N) is 1. The van der Waals surface area contributed by atoms with Crippen LogP contribution in [0.2, 0.25) is 0 Å². The molecule has 2 heterocycles. The third kappa shape index (κ3) is 3.32. The summed E-state index contributed by atoms with van der Waals surface area (Å²) in [4.78, 5) is 19.6. The largest absolute Gasteiger partial charge is 0.336 e. The molecule has 0 saturated heterocycles. The molecule has 1 aliphatic rings. The molecular formula is C20H22N4O2. The molecule has 1 saturated carbocycles. The highest BCUT2D eigenvalue weighted by Crippen LogP contribution is 2.40. The maximum Gasteiger partial charge on any atom is 0.259 e. The number of rotatable bonds is 5. The normalized spacial score (nSPS) is 14.2. The molecule has 6 nitrogen and oxygen atoms in total. The van der Waals surface area contributed by atoms with Crippen LogP contribution in [0.4, 0.5) is 5.69 Å². The van der Waals surface area contributed by atoms with Crippen molar-refractivity contribution in [3.05, 3.63) is 52.8 Å². The van der Waals surface area contributed by atoms with E-state index in [0.717, 1.165) is 36.3 Å². The summed E-state index contributed by atoms with van der Waals surface area (Å²) in [6, 6.07) is 9.80. The fourth-order valence-electron chi connectivity index (χ4n) is 3.19. The predicted molar refractivity (Wildman–Crippen MR) is 100 cm³/mol. The standard InChI is InChI=1S/C20H22N4O2/c1-12-18-16(10-17(14-7-8-14)22-20(18)26-23-12)19(25)21-15-6-4-5-13(9-15)11-24(2)3/h4-6,9-10,14H,7-8,11H2,1-3H3,(H,21,25). The minimum absolute atomic E-state index is 0.160. The van der Waals surface area contributed by atoms with Gasteiger partial charge in [0.25, 0.3) is 11.6 Å². The van der Waals surface area contributed by atoms with Gasteiger partial charge in [0.15, 0.2) is 0 Å². The van der Waals surface area contributed by atoms with E-state index in [1.54, 1.807) is 0 Å². The summed E-state index contributed by atoms with van der Waals surface area (Å²) < 4.78 is 5.32. The summed E-state index contributed by atoms with van der Waals surface area (Å²) in [6.45, 7) is 2.65. The van der Waals surface area contributed by atoms with Crippen LogP contribution in [0.1, 0.15) is 46.1 Å². The first kappa shape index (κ1) is 16.7. The molecule has 0 bridgehead atoms. The molecule has 0 spiro atoms. The molecule has 6 heteroatoms. The van der Waals surface area contributed by atoms with Crippen molar-refractivity contribution in [1.82, 2.24) is 15.0 Å². The predicted octanol–water partition coefficient (Wildman–Crippen LogP) is 3.72. The smallest absolute Gasteiger partial charge is 0.259 e. The number of fused-ring (bicyclic) bond motifs is 1. The van der Waals surface area contributed by atoms with E-state index in [4.69, 9.17) is 4.52 Å². The van der Waals surface area contributed by atoms with Crippen LogP contribution in [0.15, 0.2) is 34.9 Å². The molecular weight excluding hydrogens is 328 g/mol. The molecule has 0 atom stereocenters. The second-order valence-electron chi connectivity index (χ2n) is 7.21. The second-order valence-corrected chi connectivity index (χ2v) is 7.21. The van der Waals surface area contributed by atoms with Gasteiger partial charge in [0.2, 0.25) is 0 Å². The molecule has 1 amide bonds. The maximum absolute atomic E-state index is 13.0. The fraction of sp³-hybridized carbons (Fsp3) is 0.350. The average Bonchev–Trinajstić information content (AvgIpc) is 3.38. The van der Waals surface area contributed by atoms with Crippen molar-refractivity contribution in [2.45, 2.75) is 32.2 Å². The van der Waals surface area contributed by atoms with Crippen molar-refractivity contribution in [3.8, 4) is 0 Å². The van der Waals surface area contributed by atoms with Crippen molar-refractivity contribution in [2.75, 3.05) is 19.4 Å². The van der Waals surface area contributed by atoms with Gasteiger partial charge in [-0.25, -0.2) is 4.98 Å². The van der Waals surface area contributed by atoms with Crippen molar-refractivity contribution < 1.29 is 9.32 Å². The lowest BCUT2D eigenvalue weighted by molar-refractivity contribution is 0.102. The van der Waals surface area contributed by atoms with Crippen molar-refractivity contribution in [1.29, 1.82) is 0 Å². The van der Waals surface area contributed by atoms with E-state index in [9.17, 15) is 4.79 Å². The number of carbonyl (C=O) groups excluding carboxylic acids is 1. The lowest BCUT2D eigenvalue weighted by atomic mass is 10.1. The zero-order chi connectivity index (χ0) is 18.3. The number of hydrogen-bond donors (Lipinski definition) is 1. The van der Waals surface area contributed by atoms with Crippen LogP contribution in [0.3, 0.4) is 0 Å². The lowest BCUT2D eigenvalue weighted by Crippen LogP contribution is -2.14. The summed E-state index contributed by atoms with van der Waals surface area (Å²) in [5.41, 5.74) is 4.54. The third-order valence-corrected chi connectivity index (χ3v) is 4.56. The first-order chi connectivity index (χ1) is 12.5. The Labute approximate surface area is 152 Å². The van der Waals surface area contributed by atoms with Crippen molar-refractivity contribution in [3.63, 3.8) is 0 Å². The Morgan fingerprint density at radius 3 is 2.85 bits per heavy atom. The Kier molecular flexibility index (Phi) is 4.20. The molecule has 3 aromatic rings. The molecule has 1 N–H and O–H groups in total. The van der Waals surface area contributed by atoms with E-state index >= 15 is 0 Å². The van der Waals surface area contributed by atoms with E-state index in [1.807, 2.05) is 45.3 Å². The molecule has 0 aliphatic heterocycles. The molecule has 1 fully saturated rings. The number of nitrogens with zero attached hydrogens (tertiary/aromatic N) is 3. The molecule has 4 rings (SSSR count). The maximum atomic E-state index is 13.0. The fourth-order valence-corrected chi connectivity index (χ4v) is 3.19. The molecule has 1 aromatic carbocycles. The number of hydrogen-bond acceptors (Lipinski definition) is 5. The van der Waals surface area contributed by atoms with E-state index in [1.165, 1.54) is 0 Å². The molecule has 1 aliphatic carbocycles. The Balaban J connectivity index is 1.67. The number of carbonyl (C=O) groups is 1. The first-order valence-corrected chi connectivity index (χ1v) is 8.83. The van der Waals surface area contributed by atoms with Crippen LogP contribution < -0.4 is 5.32 Å². The summed E-state index contributed by atoms with van der Waals surface area (Å²) in [5.74, 6) is 0.271. The number of aromatic nitrogens is 2. The van der Waals surface area contributed by atoms with Crippen molar-refractivity contribution in [2.24, 2.45) is 0 Å². The molecule has 0 unspecified atom stereocenters. The Morgan fingerprint density at radius 1 is 1.31 bits per heavy atom. The zero-order valence-electron chi connectivity index (χ0n) is 15.2. The summed E-state index contributed by atoms with van der Waals surface area (Å²) in [5, 5.41) is 7.69. The van der Waals surface area contributed by atoms with Gasteiger partial charge in [0.1, 0.15) is 0 Å². The number of benzene rings is 1. The van der Waals surface area contributed by atoms with Crippen LogP contribution in [0, 0.1) is 6.92 Å². The van der Waals surface area contributed by atoms with Gasteiger partial charge in [-0.2, -0.15) is 0 Å². The van der Waals surface area contributed by atoms with Gasteiger partial charge in [-0.15, -0.1) is 0 Å². The van der Waals surface area contributed by atoms with Crippen LogP contribution in [-0.4, -0.2) is 35.0 Å². The van der Waals surface area contributed by atoms with Crippen LogP contribution in [-0.2, 0) is 6.54 Å². The number of amides is 1. The Hall–Kier alpha value is -2.73. The minimum atomic E-state index is -0.160. The van der Waals surface area contributed by atoms with Gasteiger partial charge in [-0.05, 0) is 57.6 Å².